The maximum Gasteiger partial charge on any atom is 0.349 e. The minimum atomic E-state index is -2.04. The van der Waals surface area contributed by atoms with Gasteiger partial charge in [-0.05, 0) is 6.92 Å². The molecule has 9 heavy (non-hydrogen) atoms. The molecule has 3 nitrogen and oxygen atoms in total. The van der Waals surface area contributed by atoms with Gasteiger partial charge in [-0.1, -0.05) is 0 Å². The van der Waals surface area contributed by atoms with Crippen molar-refractivity contribution in [2.45, 2.75) is 19.2 Å². The molecule has 0 saturated carbocycles. The van der Waals surface area contributed by atoms with Gasteiger partial charge in [-0.15, -0.1) is 0 Å². The molecule has 0 aromatic rings. The zero-order valence-corrected chi connectivity index (χ0v) is 4.76. The van der Waals surface area contributed by atoms with Crippen LogP contribution in [-0.4, -0.2) is 24.0 Å². The maximum absolute atomic E-state index is 12.1. The first kappa shape index (κ1) is 6.19. The van der Waals surface area contributed by atoms with Gasteiger partial charge in [-0.3, -0.25) is 4.79 Å². The van der Waals surface area contributed by atoms with Gasteiger partial charge in [-0.25, -0.2) is 9.18 Å². The van der Waals surface area contributed by atoms with Gasteiger partial charge in [0.1, 0.15) is 0 Å². The summed E-state index contributed by atoms with van der Waals surface area (Å²) in [7, 11) is 0. The van der Waals surface area contributed by atoms with Crippen LogP contribution in [0.25, 0.3) is 0 Å². The van der Waals surface area contributed by atoms with Crippen LogP contribution in [0, 0.1) is 0 Å². The Morgan fingerprint density at radius 2 is 2.11 bits per heavy atom. The van der Waals surface area contributed by atoms with E-state index in [1.165, 1.54) is 6.92 Å². The molecule has 1 heterocycles. The second-order valence-corrected chi connectivity index (χ2v) is 1.84. The Bertz CT molecular complexity index is 166. The minimum Gasteiger partial charge on any atom is -0.452 e. The summed E-state index contributed by atoms with van der Waals surface area (Å²) >= 11 is 0. The van der Waals surface area contributed by atoms with Crippen LogP contribution in [0.2, 0.25) is 0 Å². The molecule has 0 aliphatic carbocycles. The number of ether oxygens (including phenoxy) is 1. The van der Waals surface area contributed by atoms with Gasteiger partial charge in [0, 0.05) is 0 Å². The molecule has 2 atom stereocenters. The van der Waals surface area contributed by atoms with E-state index in [9.17, 15) is 14.0 Å². The Hall–Kier alpha value is -0.930. The number of ketones is 1. The second-order valence-electron chi connectivity index (χ2n) is 1.84. The fraction of sp³-hybridized carbons (Fsp3) is 0.600. The third kappa shape index (κ3) is 0.800. The van der Waals surface area contributed by atoms with Crippen LogP contribution in [-0.2, 0) is 14.3 Å². The third-order valence-corrected chi connectivity index (χ3v) is 1.15. The average Bonchev–Trinajstić information content (AvgIpc) is 1.98. The van der Waals surface area contributed by atoms with Crippen LogP contribution in [0.5, 0.6) is 0 Å². The van der Waals surface area contributed by atoms with E-state index in [-0.39, 0.29) is 0 Å². The molecule has 1 aliphatic rings. The summed E-state index contributed by atoms with van der Waals surface area (Å²) in [6.45, 7) is 1.35. The highest BCUT2D eigenvalue weighted by molar-refractivity contribution is 6.08. The Balaban J connectivity index is 2.77. The van der Waals surface area contributed by atoms with E-state index < -0.39 is 24.0 Å². The van der Waals surface area contributed by atoms with Gasteiger partial charge in [0.25, 0.3) is 6.17 Å². The fourth-order valence-corrected chi connectivity index (χ4v) is 0.614. The number of Topliss-reactive ketones (excluding diaryl/α,β-unsaturated/α-hetero) is 1. The monoisotopic (exact) mass is 132 g/mol. The van der Waals surface area contributed by atoms with Crippen LogP contribution >= 0.6 is 0 Å². The standard InChI is InChI=1S/C5H5FO3/c1-2-4(7)3(6)5(8)9-2/h2-3H,1H3. The lowest BCUT2D eigenvalue weighted by Gasteiger charge is -1.93. The second kappa shape index (κ2) is 1.79. The van der Waals surface area contributed by atoms with E-state index in [1.807, 2.05) is 0 Å². The Morgan fingerprint density at radius 1 is 1.56 bits per heavy atom. The van der Waals surface area contributed by atoms with Crippen molar-refractivity contribution in [2.75, 3.05) is 0 Å². The number of carbonyl (C=O) groups excluding carboxylic acids is 2. The average molecular weight is 132 g/mol. The number of hydrogen-bond acceptors (Lipinski definition) is 3. The van der Waals surface area contributed by atoms with Gasteiger partial charge < -0.3 is 4.74 Å². The highest BCUT2D eigenvalue weighted by Gasteiger charge is 2.40. The van der Waals surface area contributed by atoms with Crippen molar-refractivity contribution in [1.29, 1.82) is 0 Å². The topological polar surface area (TPSA) is 43.4 Å². The van der Waals surface area contributed by atoms with Crippen molar-refractivity contribution >= 4 is 11.8 Å². The molecule has 0 spiro atoms. The van der Waals surface area contributed by atoms with Gasteiger partial charge in [0.05, 0.1) is 0 Å². The predicted octanol–water partition coefficient (Wildman–Crippen LogP) is -0.161. The van der Waals surface area contributed by atoms with Crippen LogP contribution in [0.15, 0.2) is 0 Å². The summed E-state index contributed by atoms with van der Waals surface area (Å²) in [5, 5.41) is 0. The van der Waals surface area contributed by atoms with E-state index in [0.29, 0.717) is 0 Å². The lowest BCUT2D eigenvalue weighted by molar-refractivity contribution is -0.144. The number of esters is 1. The molecule has 0 amide bonds. The zero-order chi connectivity index (χ0) is 7.02. The summed E-state index contributed by atoms with van der Waals surface area (Å²) in [6, 6.07) is 0. The van der Waals surface area contributed by atoms with E-state index in [2.05, 4.69) is 4.74 Å². The van der Waals surface area contributed by atoms with Crippen LogP contribution in [0.4, 0.5) is 4.39 Å². The van der Waals surface area contributed by atoms with Crippen molar-refractivity contribution in [3.8, 4) is 0 Å². The summed E-state index contributed by atoms with van der Waals surface area (Å²) in [6.07, 6.45) is -2.94. The minimum absolute atomic E-state index is 0.778. The molecule has 0 N–H and O–H groups in total. The molecular formula is C5H5FO3. The lowest BCUT2D eigenvalue weighted by atomic mass is 10.2. The van der Waals surface area contributed by atoms with Gasteiger partial charge >= 0.3 is 5.97 Å². The molecule has 0 aromatic carbocycles. The van der Waals surface area contributed by atoms with Crippen molar-refractivity contribution in [1.82, 2.24) is 0 Å². The first-order chi connectivity index (χ1) is 4.13. The SMILES string of the molecule is CC1OC(=O)C(F)C1=O. The van der Waals surface area contributed by atoms with Crippen molar-refractivity contribution in [2.24, 2.45) is 0 Å². The molecule has 0 radical (unpaired) electrons. The Morgan fingerprint density at radius 3 is 2.22 bits per heavy atom. The van der Waals surface area contributed by atoms with Crippen molar-refractivity contribution in [3.63, 3.8) is 0 Å². The number of alkyl halides is 1. The molecule has 1 fully saturated rings. The van der Waals surface area contributed by atoms with Crippen LogP contribution < -0.4 is 0 Å². The Kier molecular flexibility index (Phi) is 1.23. The molecule has 0 aromatic heterocycles. The number of halogens is 1. The quantitative estimate of drug-likeness (QED) is 0.339. The predicted molar refractivity (Wildman–Crippen MR) is 25.5 cm³/mol. The van der Waals surface area contributed by atoms with E-state index in [1.54, 1.807) is 0 Å². The molecule has 2 unspecified atom stereocenters. The smallest absolute Gasteiger partial charge is 0.349 e. The molecule has 1 rings (SSSR count). The largest absolute Gasteiger partial charge is 0.452 e. The maximum atomic E-state index is 12.1. The summed E-state index contributed by atoms with van der Waals surface area (Å²) in [4.78, 5) is 20.6. The first-order valence-electron chi connectivity index (χ1n) is 2.51. The number of cyclic esters (lactones) is 1. The number of carbonyl (C=O) groups is 2. The van der Waals surface area contributed by atoms with E-state index in [0.717, 1.165) is 0 Å². The molecule has 4 heteroatoms. The van der Waals surface area contributed by atoms with Gasteiger partial charge in [0.15, 0.2) is 6.10 Å². The molecular weight excluding hydrogens is 127 g/mol. The summed E-state index contributed by atoms with van der Waals surface area (Å²) in [5.74, 6) is -1.84. The lowest BCUT2D eigenvalue weighted by Crippen LogP contribution is -2.18. The Labute approximate surface area is 50.8 Å². The zero-order valence-electron chi connectivity index (χ0n) is 4.76. The van der Waals surface area contributed by atoms with Gasteiger partial charge in [0.2, 0.25) is 5.78 Å². The molecule has 1 saturated heterocycles. The third-order valence-electron chi connectivity index (χ3n) is 1.15. The fourth-order valence-electron chi connectivity index (χ4n) is 0.614. The molecule has 1 aliphatic heterocycles. The van der Waals surface area contributed by atoms with Crippen LogP contribution in [0.1, 0.15) is 6.92 Å². The van der Waals surface area contributed by atoms with E-state index in [4.69, 9.17) is 0 Å². The van der Waals surface area contributed by atoms with Crippen molar-refractivity contribution < 1.29 is 18.7 Å². The number of rotatable bonds is 0. The van der Waals surface area contributed by atoms with E-state index >= 15 is 0 Å². The molecule has 0 bridgehead atoms. The highest BCUT2D eigenvalue weighted by atomic mass is 19.1. The molecule has 50 valence electrons. The van der Waals surface area contributed by atoms with Crippen LogP contribution in [0.3, 0.4) is 0 Å². The summed E-state index contributed by atoms with van der Waals surface area (Å²) in [5.41, 5.74) is 0. The first-order valence-corrected chi connectivity index (χ1v) is 2.51. The summed E-state index contributed by atoms with van der Waals surface area (Å²) < 4.78 is 16.4. The normalized spacial score (nSPS) is 34.9. The number of hydrogen-bond donors (Lipinski definition) is 0. The highest BCUT2D eigenvalue weighted by Crippen LogP contribution is 2.12. The van der Waals surface area contributed by atoms with Crippen molar-refractivity contribution in [3.05, 3.63) is 0 Å². The van der Waals surface area contributed by atoms with Gasteiger partial charge in [-0.2, -0.15) is 0 Å².